The zero-order valence-electron chi connectivity index (χ0n) is 58.3. The number of nitrogens with zero attached hydrogens (tertiary/aromatic N) is 10. The molecule has 1 N–H and O–H groups in total. The molecule has 12 heterocycles. The largest absolute Gasteiger partial charge is 1.00 e. The monoisotopic (exact) mass is 1400 g/mol. The minimum atomic E-state index is -0.765. The van der Waals surface area contributed by atoms with Gasteiger partial charge in [0.1, 0.15) is 30.2 Å². The summed E-state index contributed by atoms with van der Waals surface area (Å²) in [6, 6.07) is 9.44. The van der Waals surface area contributed by atoms with Crippen LogP contribution in [0.15, 0.2) is 61.7 Å². The summed E-state index contributed by atoms with van der Waals surface area (Å²) in [6.07, 6.45) is 10.4. The Morgan fingerprint density at radius 2 is 1.18 bits per heavy atom. The fourth-order valence-electron chi connectivity index (χ4n) is 17.5. The van der Waals surface area contributed by atoms with E-state index in [-0.39, 0.29) is 131 Å². The van der Waals surface area contributed by atoms with Crippen LogP contribution in [0, 0.1) is 50.4 Å². The molecule has 26 nitrogen and oxygen atoms in total. The first-order valence-electron chi connectivity index (χ1n) is 33.1. The quantitative estimate of drug-likeness (QED) is 0.0386. The Hall–Kier alpha value is -8.71. The molecule has 4 aromatic carbocycles. The van der Waals surface area contributed by atoms with Gasteiger partial charge in [0.05, 0.1) is 67.4 Å². The van der Waals surface area contributed by atoms with Gasteiger partial charge in [0.25, 0.3) is 11.8 Å². The molecule has 2 saturated heterocycles. The number of imide groups is 2. The number of benzene rings is 4. The van der Waals surface area contributed by atoms with Crippen LogP contribution in [-0.2, 0) is 35.2 Å². The Morgan fingerprint density at radius 3 is 1.73 bits per heavy atom. The number of carbonyl (C=O) groups is 5. The Kier molecular flexibility index (Phi) is 19.5. The van der Waals surface area contributed by atoms with Crippen molar-refractivity contribution in [3.63, 3.8) is 0 Å². The third-order valence-electron chi connectivity index (χ3n) is 21.4. The molecule has 2 fully saturated rings. The number of likely N-dealkylation sites (N-methyl/N-ethyl adjacent to an activating group) is 2. The molecular weight excluding hydrogens is 1320 g/mol. The van der Waals surface area contributed by atoms with E-state index in [9.17, 15) is 39.6 Å². The molecule has 10 atom stereocenters. The second kappa shape index (κ2) is 27.9. The first-order chi connectivity index (χ1) is 48.3. The summed E-state index contributed by atoms with van der Waals surface area (Å²) in [5.41, 5.74) is 11.8. The van der Waals surface area contributed by atoms with Crippen molar-refractivity contribution in [1.82, 2.24) is 34.5 Å². The van der Waals surface area contributed by atoms with E-state index >= 15 is 0 Å². The number of rotatable bonds is 12. The molecule has 6 aromatic rings. The average molecular weight is 1400 g/mol. The van der Waals surface area contributed by atoms with Crippen molar-refractivity contribution in [3.05, 3.63) is 156 Å². The van der Waals surface area contributed by atoms with Gasteiger partial charge in [-0.1, -0.05) is 31.7 Å². The van der Waals surface area contributed by atoms with Crippen LogP contribution in [0.1, 0.15) is 153 Å². The molecule has 0 radical (unpaired) electrons. The second-order valence-electron chi connectivity index (χ2n) is 26.4. The minimum Gasteiger partial charge on any atom is -0.587 e. The maximum Gasteiger partial charge on any atom is 1.00 e. The first kappa shape index (κ1) is 70.7. The van der Waals surface area contributed by atoms with E-state index in [2.05, 4.69) is 73.6 Å². The summed E-state index contributed by atoms with van der Waals surface area (Å²) in [5, 5.41) is 36.6. The van der Waals surface area contributed by atoms with E-state index < -0.39 is 53.8 Å². The van der Waals surface area contributed by atoms with E-state index in [1.807, 2.05) is 33.9 Å². The van der Waals surface area contributed by atoms with Gasteiger partial charge in [0.2, 0.25) is 13.6 Å². The number of fused-ring (bicyclic) bond motifs is 20. The van der Waals surface area contributed by atoms with Gasteiger partial charge in [-0.2, -0.15) is 10.5 Å². The van der Waals surface area contributed by atoms with Gasteiger partial charge >= 0.3 is 57.4 Å². The molecule has 10 aliphatic rings. The molecule has 27 heteroatoms. The molecule has 4 unspecified atom stereocenters. The van der Waals surface area contributed by atoms with Gasteiger partial charge in [-0.15, -0.1) is 0 Å². The number of carbonyl (C=O) groups excluding carboxylic acids is 5. The summed E-state index contributed by atoms with van der Waals surface area (Å²) < 4.78 is 59.5. The van der Waals surface area contributed by atoms with Gasteiger partial charge in [-0.25, -0.2) is 0 Å². The van der Waals surface area contributed by atoms with E-state index in [1.54, 1.807) is 27.2 Å². The number of aromatic hydroxyl groups is 1. The predicted octanol–water partition coefficient (Wildman–Crippen LogP) is 5.66. The smallest absolute Gasteiger partial charge is 0.587 e. The van der Waals surface area contributed by atoms with Crippen molar-refractivity contribution < 1.29 is 128 Å². The zero-order valence-corrected chi connectivity index (χ0v) is 61.4. The summed E-state index contributed by atoms with van der Waals surface area (Å²) in [4.78, 5) is 79.8. The standard InChI is InChI=1S/C35H33N5O8.C32H39N3O6.C7H4N2O2.K/c1-15-8-18-9-22-24(11-36)40-23(28(38(22)4)26(18)29(42)30(15)45-5)10-20-27(33-32(46-14-47-33)16(2)31(20)48-17(3)41)25(40)13-39-34(43)19-6-7-37-12-21(19)35(39)44;1-8-10-38-29-18(4)30-32(41-16-40-30)26-20(29)13-23-27-25-19(11-17(3)28(37-7)31(25)39-15-36-6)12-22(34(27)5)24(14-33)35(23)21(26)9-2;10-6-4-1-2-8-3-5(4)7(11)9-6;/h6-8,12,22-25,28,42H,9-10,13-14H2,1-5H3;8,11,21-24,27H,1,9-10,12-13,15-16H2,2-7H3;1-3H,(H,9,10,11);/q;;;+1/p-1/t22-,23?,24?,25-,28-;21-,22-,23?,24?,27-;;/m00../s1. The number of aromatic nitrogens is 2. The third kappa shape index (κ3) is 11.2. The Bertz CT molecular complexity index is 4500. The van der Waals surface area contributed by atoms with Crippen LogP contribution in [-0.4, -0.2) is 174 Å². The summed E-state index contributed by atoms with van der Waals surface area (Å²) >= 11 is 0. The maximum atomic E-state index is 13.8. The van der Waals surface area contributed by atoms with Gasteiger partial charge in [0, 0.05) is 131 Å². The molecule has 101 heavy (non-hydrogen) atoms. The number of methoxy groups -OCH3 is 3. The minimum absolute atomic E-state index is 0. The number of ether oxygens (including phenoxy) is 10. The van der Waals surface area contributed by atoms with Crippen LogP contribution in [0.3, 0.4) is 0 Å². The van der Waals surface area contributed by atoms with Crippen molar-refractivity contribution in [2.45, 2.75) is 134 Å². The molecule has 2 aromatic heterocycles. The van der Waals surface area contributed by atoms with E-state index in [0.29, 0.717) is 82.2 Å². The van der Waals surface area contributed by atoms with Gasteiger partial charge in [-0.05, 0) is 108 Å². The fourth-order valence-corrected chi connectivity index (χ4v) is 17.5. The van der Waals surface area contributed by atoms with Gasteiger partial charge < -0.3 is 67.4 Å². The van der Waals surface area contributed by atoms with Crippen LogP contribution in [0.4, 0.5) is 0 Å². The maximum absolute atomic E-state index is 13.8. The fraction of sp³-hybridized carbons (Fsp3) is 0.419. The number of piperazine rings is 2. The molecule has 4 bridgehead atoms. The summed E-state index contributed by atoms with van der Waals surface area (Å²) in [5.74, 6) is 2.94. The molecule has 4 amide bonds. The molecule has 16 rings (SSSR count). The molecular formula is C74H75KN10O16. The zero-order chi connectivity index (χ0) is 70.6. The molecule has 0 aliphatic carbocycles. The summed E-state index contributed by atoms with van der Waals surface area (Å²) in [7, 11) is 8.91. The van der Waals surface area contributed by atoms with Crippen LogP contribution in [0.5, 0.6) is 57.5 Å². The SMILES string of the molecule is C=CCOc1c(C)c2c(c3c1CC1[C@H]4c5c(cc(C)c(OC)c5OCOC)C[C@@H](C(C#N)N1[C@H]3CC)N4C)OCO2.COc1c(C)cc2c(c1O)[C@@H]1C3Cc4c(OC(C)=O)c(C)c5c(c4[C@H](CN4C(=O)c6ccncc6C4=O)N3C(C#N)[C@H](C2)N1C)OCO5.O=C1[N-]C(=O)c2cnccc21.[K+]. The first-order valence-corrected chi connectivity index (χ1v) is 33.1. The molecule has 0 saturated carbocycles. The second-order valence-corrected chi connectivity index (χ2v) is 26.4. The number of hydrogen-bond acceptors (Lipinski definition) is 24. The van der Waals surface area contributed by atoms with Gasteiger partial charge in [0.15, 0.2) is 52.8 Å². The van der Waals surface area contributed by atoms with Crippen LogP contribution in [0.2, 0.25) is 0 Å². The van der Waals surface area contributed by atoms with Crippen molar-refractivity contribution in [2.75, 3.05) is 69.0 Å². The van der Waals surface area contributed by atoms with Crippen LogP contribution < -0.4 is 94.0 Å². The number of phenolic OH excluding ortho intramolecular Hbond substituents is 1. The molecule has 518 valence electrons. The van der Waals surface area contributed by atoms with Crippen molar-refractivity contribution in [3.8, 4) is 69.6 Å². The number of aryl methyl sites for hydroxylation is 2. The van der Waals surface area contributed by atoms with E-state index in [4.69, 9.17) is 47.4 Å². The number of amides is 4. The average Bonchev–Trinajstić information content (AvgIpc) is 1.39. The summed E-state index contributed by atoms with van der Waals surface area (Å²) in [6.45, 7) is 15.6. The Labute approximate surface area is 626 Å². The Balaban J connectivity index is 0.000000156. The normalized spacial score (nSPS) is 24.1. The molecule has 10 aliphatic heterocycles. The van der Waals surface area contributed by atoms with Crippen molar-refractivity contribution in [1.29, 1.82) is 10.5 Å². The third-order valence-corrected chi connectivity index (χ3v) is 21.4. The van der Waals surface area contributed by atoms with Crippen molar-refractivity contribution in [2.24, 2.45) is 0 Å². The number of nitriles is 2. The Morgan fingerprint density at radius 1 is 0.663 bits per heavy atom. The number of hydrogen-bond donors (Lipinski definition) is 1. The van der Waals surface area contributed by atoms with Crippen LogP contribution >= 0.6 is 0 Å². The van der Waals surface area contributed by atoms with Gasteiger partial charge in [-0.3, -0.25) is 48.9 Å². The van der Waals surface area contributed by atoms with E-state index in [0.717, 1.165) is 80.5 Å². The number of phenols is 1. The van der Waals surface area contributed by atoms with E-state index in [1.165, 1.54) is 61.4 Å². The van der Waals surface area contributed by atoms with Crippen molar-refractivity contribution >= 4 is 29.6 Å². The number of pyridine rings is 2. The number of esters is 1. The van der Waals surface area contributed by atoms with Crippen LogP contribution in [0.25, 0.3) is 5.32 Å². The predicted molar refractivity (Wildman–Crippen MR) is 356 cm³/mol. The topological polar surface area (TPSA) is 302 Å². The molecule has 0 spiro atoms.